The molecule has 0 bridgehead atoms. The highest BCUT2D eigenvalue weighted by molar-refractivity contribution is 6.30. The van der Waals surface area contributed by atoms with Gasteiger partial charge in [-0.3, -0.25) is 9.48 Å². The fraction of sp³-hybridized carbons (Fsp3) is 0.200. The summed E-state index contributed by atoms with van der Waals surface area (Å²) in [6.45, 7) is 0.824. The monoisotopic (exact) mass is 447 g/mol. The molecular weight excluding hydrogens is 426 g/mol. The van der Waals surface area contributed by atoms with Crippen molar-refractivity contribution in [3.05, 3.63) is 100 Å². The van der Waals surface area contributed by atoms with Crippen molar-refractivity contribution in [3.8, 4) is 5.75 Å². The molecule has 1 amide bonds. The minimum absolute atomic E-state index is 0.222. The van der Waals surface area contributed by atoms with Crippen LogP contribution in [0.25, 0.3) is 0 Å². The molecule has 0 saturated carbocycles. The Kier molecular flexibility index (Phi) is 5.69. The highest BCUT2D eigenvalue weighted by Gasteiger charge is 2.14. The summed E-state index contributed by atoms with van der Waals surface area (Å²) >= 11 is 6.03. The molecule has 2 aromatic carbocycles. The van der Waals surface area contributed by atoms with Crippen LogP contribution >= 0.6 is 11.6 Å². The Morgan fingerprint density at radius 1 is 1.12 bits per heavy atom. The van der Waals surface area contributed by atoms with Crippen LogP contribution in [0.1, 0.15) is 39.4 Å². The van der Waals surface area contributed by atoms with Gasteiger partial charge >= 0.3 is 0 Å². The van der Waals surface area contributed by atoms with Crippen molar-refractivity contribution in [2.24, 2.45) is 0 Å². The molecule has 6 nitrogen and oxygen atoms in total. The molecule has 0 atom stereocenters. The van der Waals surface area contributed by atoms with Crippen LogP contribution in [0.4, 0.5) is 5.69 Å². The molecule has 162 valence electrons. The van der Waals surface area contributed by atoms with E-state index in [-0.39, 0.29) is 18.3 Å². The van der Waals surface area contributed by atoms with E-state index in [9.17, 15) is 4.79 Å². The number of aromatic nitrogens is 2. The van der Waals surface area contributed by atoms with Crippen LogP contribution in [-0.4, -0.2) is 15.7 Å². The second-order valence-corrected chi connectivity index (χ2v) is 8.29. The number of rotatable bonds is 7. The molecule has 2 aromatic heterocycles. The number of hydrogen-bond donors (Lipinski definition) is 1. The van der Waals surface area contributed by atoms with Gasteiger partial charge < -0.3 is 14.5 Å². The maximum Gasteiger partial charge on any atom is 0.291 e. The van der Waals surface area contributed by atoms with Crippen LogP contribution < -0.4 is 10.1 Å². The molecule has 32 heavy (non-hydrogen) atoms. The van der Waals surface area contributed by atoms with Crippen LogP contribution in [0.5, 0.6) is 5.75 Å². The second-order valence-electron chi connectivity index (χ2n) is 7.85. The SMILES string of the molecule is O=C(Nc1cnn(Cc2cccc(Cl)c2)c1)c1ccc(COc2ccc3c(c2)CCC3)o1. The lowest BCUT2D eigenvalue weighted by Crippen LogP contribution is -2.10. The Hall–Kier alpha value is -3.51. The number of hydrogen-bond acceptors (Lipinski definition) is 4. The first-order valence-corrected chi connectivity index (χ1v) is 10.9. The van der Waals surface area contributed by atoms with E-state index in [0.717, 1.165) is 24.2 Å². The van der Waals surface area contributed by atoms with Crippen molar-refractivity contribution in [3.63, 3.8) is 0 Å². The lowest BCUT2D eigenvalue weighted by atomic mass is 10.1. The maximum absolute atomic E-state index is 12.5. The third-order valence-corrected chi connectivity index (χ3v) is 5.70. The Morgan fingerprint density at radius 3 is 2.94 bits per heavy atom. The summed E-state index contributed by atoms with van der Waals surface area (Å²) in [5, 5.41) is 7.77. The number of nitrogens with one attached hydrogen (secondary N) is 1. The first-order chi connectivity index (χ1) is 15.6. The van der Waals surface area contributed by atoms with Gasteiger partial charge in [0.15, 0.2) is 5.76 Å². The smallest absolute Gasteiger partial charge is 0.291 e. The largest absolute Gasteiger partial charge is 0.486 e. The second kappa shape index (κ2) is 8.93. The molecule has 4 aromatic rings. The summed E-state index contributed by atoms with van der Waals surface area (Å²) in [7, 11) is 0. The van der Waals surface area contributed by atoms with Crippen molar-refractivity contribution in [2.75, 3.05) is 5.32 Å². The first kappa shape index (κ1) is 20.4. The minimum atomic E-state index is -0.337. The quantitative estimate of drug-likeness (QED) is 0.406. The Morgan fingerprint density at radius 2 is 2.03 bits per heavy atom. The number of aryl methyl sites for hydroxylation is 2. The lowest BCUT2D eigenvalue weighted by Gasteiger charge is -2.06. The van der Waals surface area contributed by atoms with Gasteiger partial charge in [-0.25, -0.2) is 0 Å². The van der Waals surface area contributed by atoms with Gasteiger partial charge in [-0.15, -0.1) is 0 Å². The van der Waals surface area contributed by atoms with Gasteiger partial charge in [0.1, 0.15) is 18.1 Å². The van der Waals surface area contributed by atoms with Gasteiger partial charge in [-0.05, 0) is 72.4 Å². The molecule has 5 rings (SSSR count). The van der Waals surface area contributed by atoms with Crippen molar-refractivity contribution in [1.29, 1.82) is 0 Å². The zero-order valence-corrected chi connectivity index (χ0v) is 18.1. The van der Waals surface area contributed by atoms with E-state index < -0.39 is 0 Å². The van der Waals surface area contributed by atoms with Gasteiger partial charge in [0.05, 0.1) is 18.4 Å². The lowest BCUT2D eigenvalue weighted by molar-refractivity contribution is 0.0992. The summed E-state index contributed by atoms with van der Waals surface area (Å²) in [6.07, 6.45) is 6.82. The van der Waals surface area contributed by atoms with Crippen molar-refractivity contribution in [2.45, 2.75) is 32.4 Å². The molecule has 2 heterocycles. The normalized spacial score (nSPS) is 12.5. The van der Waals surface area contributed by atoms with Gasteiger partial charge in [-0.1, -0.05) is 29.8 Å². The van der Waals surface area contributed by atoms with Crippen molar-refractivity contribution >= 4 is 23.2 Å². The van der Waals surface area contributed by atoms with E-state index in [2.05, 4.69) is 22.5 Å². The van der Waals surface area contributed by atoms with E-state index in [1.54, 1.807) is 29.2 Å². The maximum atomic E-state index is 12.5. The molecular formula is C25H22ClN3O3. The fourth-order valence-electron chi connectivity index (χ4n) is 3.90. The summed E-state index contributed by atoms with van der Waals surface area (Å²) in [4.78, 5) is 12.5. The topological polar surface area (TPSA) is 69.3 Å². The van der Waals surface area contributed by atoms with Crippen molar-refractivity contribution in [1.82, 2.24) is 9.78 Å². The summed E-state index contributed by atoms with van der Waals surface area (Å²) in [6, 6.07) is 17.2. The molecule has 0 radical (unpaired) electrons. The Labute approximate surface area is 190 Å². The number of nitrogens with zero attached hydrogens (tertiary/aromatic N) is 2. The predicted octanol–water partition coefficient (Wildman–Crippen LogP) is 5.50. The van der Waals surface area contributed by atoms with Crippen LogP contribution in [0.3, 0.4) is 0 Å². The van der Waals surface area contributed by atoms with E-state index >= 15 is 0 Å². The number of anilines is 1. The third-order valence-electron chi connectivity index (χ3n) is 5.46. The van der Waals surface area contributed by atoms with Crippen molar-refractivity contribution < 1.29 is 13.9 Å². The molecule has 1 aliphatic carbocycles. The molecule has 0 fully saturated rings. The van der Waals surface area contributed by atoms with E-state index in [1.165, 1.54) is 17.5 Å². The third kappa shape index (κ3) is 4.70. The van der Waals surface area contributed by atoms with Crippen LogP contribution in [0, 0.1) is 0 Å². The predicted molar refractivity (Wildman–Crippen MR) is 122 cm³/mol. The molecule has 1 N–H and O–H groups in total. The highest BCUT2D eigenvalue weighted by atomic mass is 35.5. The van der Waals surface area contributed by atoms with Crippen LogP contribution in [-0.2, 0) is 26.0 Å². The number of carbonyl (C=O) groups is 1. The van der Waals surface area contributed by atoms with Gasteiger partial charge in [0, 0.05) is 11.2 Å². The number of halogens is 1. The molecule has 0 aliphatic heterocycles. The summed E-state index contributed by atoms with van der Waals surface area (Å²) < 4.78 is 13.3. The van der Waals surface area contributed by atoms with Gasteiger partial charge in [-0.2, -0.15) is 5.10 Å². The Balaban J connectivity index is 1.17. The average molecular weight is 448 g/mol. The minimum Gasteiger partial charge on any atom is -0.486 e. The number of carbonyl (C=O) groups excluding carboxylic acids is 1. The first-order valence-electron chi connectivity index (χ1n) is 10.5. The number of fused-ring (bicyclic) bond motifs is 1. The standard InChI is InChI=1S/C25H22ClN3O3/c26-20-6-1-3-17(11-20)14-29-15-21(13-27-29)28-25(30)24-10-9-23(32-24)16-31-22-8-7-18-4-2-5-19(18)12-22/h1,3,6-13,15H,2,4-5,14,16H2,(H,28,30). The number of benzene rings is 2. The Bertz CT molecular complexity index is 1260. The molecule has 0 spiro atoms. The number of furan rings is 1. The van der Waals surface area contributed by atoms with Crippen LogP contribution in [0.15, 0.2) is 71.4 Å². The molecule has 0 saturated heterocycles. The van der Waals surface area contributed by atoms with Gasteiger partial charge in [0.25, 0.3) is 5.91 Å². The van der Waals surface area contributed by atoms with E-state index in [0.29, 0.717) is 23.0 Å². The van der Waals surface area contributed by atoms with E-state index in [4.69, 9.17) is 20.8 Å². The fourth-order valence-corrected chi connectivity index (χ4v) is 4.11. The molecule has 7 heteroatoms. The molecule has 1 aliphatic rings. The van der Waals surface area contributed by atoms with Crippen LogP contribution in [0.2, 0.25) is 5.02 Å². The highest BCUT2D eigenvalue weighted by Crippen LogP contribution is 2.26. The zero-order valence-electron chi connectivity index (χ0n) is 17.4. The molecule has 0 unspecified atom stereocenters. The average Bonchev–Trinajstić information content (AvgIpc) is 3.53. The summed E-state index contributed by atoms with van der Waals surface area (Å²) in [5.41, 5.74) is 4.38. The van der Waals surface area contributed by atoms with Gasteiger partial charge in [0.2, 0.25) is 0 Å². The number of ether oxygens (including phenoxy) is 1. The number of amides is 1. The zero-order chi connectivity index (χ0) is 21.9. The van der Waals surface area contributed by atoms with E-state index in [1.807, 2.05) is 30.3 Å². The summed E-state index contributed by atoms with van der Waals surface area (Å²) in [5.74, 6) is 1.30.